The van der Waals surface area contributed by atoms with Gasteiger partial charge >= 0.3 is 18.1 Å². The van der Waals surface area contributed by atoms with E-state index < -0.39 is 28.0 Å². The van der Waals surface area contributed by atoms with E-state index in [9.17, 15) is 31.2 Å². The Labute approximate surface area is 182 Å². The van der Waals surface area contributed by atoms with Crippen molar-refractivity contribution >= 4 is 60.9 Å². The van der Waals surface area contributed by atoms with Gasteiger partial charge in [0.1, 0.15) is 0 Å². The fourth-order valence-corrected chi connectivity index (χ4v) is 4.67. The van der Waals surface area contributed by atoms with Gasteiger partial charge in [0.25, 0.3) is 5.91 Å². The van der Waals surface area contributed by atoms with E-state index >= 15 is 0 Å². The minimum atomic E-state index is -5.08. The molecule has 0 saturated heterocycles. The second-order valence-corrected chi connectivity index (χ2v) is 10.4. The summed E-state index contributed by atoms with van der Waals surface area (Å²) in [5, 5.41) is 18.4. The van der Waals surface area contributed by atoms with Crippen molar-refractivity contribution in [3.8, 4) is 0 Å². The molecule has 30 heavy (non-hydrogen) atoms. The molecule has 0 aliphatic carbocycles. The van der Waals surface area contributed by atoms with Crippen LogP contribution < -0.4 is 5.32 Å². The maximum Gasteiger partial charge on any atom is 0.490 e. The Morgan fingerprint density at radius 3 is 2.13 bits per heavy atom. The molecule has 8 nitrogen and oxygen atoms in total. The number of carbonyl (C=O) groups is 3. The van der Waals surface area contributed by atoms with Crippen molar-refractivity contribution in [1.29, 1.82) is 0 Å². The molecule has 170 valence electrons. The second-order valence-electron chi connectivity index (χ2n) is 5.26. The Balaban J connectivity index is 0.00000103. The highest BCUT2D eigenvalue weighted by atomic mass is 35.5. The number of carboxylic acids is 2. The molecule has 3 N–H and O–H groups in total. The standard InChI is InChI=1S/C13H16ClNO5S3.C2HF3O2/c1-23(19,20)11-8-9(2-3-10(11)14)13(18)15-5-7-22-21-6-4-12(16)17;3-2(4,5)1(6)7/h2-3,8H,4-7H2,1H3,(H,15,18)(H,16,17);(H,6,7). The largest absolute Gasteiger partial charge is 0.490 e. The number of halogens is 4. The third-order valence-corrected chi connectivity index (χ3v) is 6.78. The number of carboxylic acid groups (broad SMARTS) is 2. The molecule has 0 aromatic heterocycles. The third kappa shape index (κ3) is 12.1. The van der Waals surface area contributed by atoms with E-state index in [1.807, 2.05) is 0 Å². The molecule has 0 aliphatic heterocycles. The van der Waals surface area contributed by atoms with Gasteiger partial charge in [-0.05, 0) is 18.2 Å². The number of rotatable bonds is 9. The van der Waals surface area contributed by atoms with E-state index in [1.54, 1.807) is 0 Å². The normalized spacial score (nSPS) is 11.2. The second kappa shape index (κ2) is 12.9. The molecule has 1 aromatic rings. The first-order chi connectivity index (χ1) is 13.7. The van der Waals surface area contributed by atoms with Crippen LogP contribution in [0.15, 0.2) is 23.1 Å². The topological polar surface area (TPSA) is 138 Å². The van der Waals surface area contributed by atoms with E-state index in [4.69, 9.17) is 26.6 Å². The lowest BCUT2D eigenvalue weighted by Crippen LogP contribution is -2.25. The summed E-state index contributed by atoms with van der Waals surface area (Å²) in [6.07, 6.45) is -3.95. The zero-order chi connectivity index (χ0) is 23.5. The quantitative estimate of drug-likeness (QED) is 0.337. The molecule has 0 saturated carbocycles. The van der Waals surface area contributed by atoms with Gasteiger partial charge < -0.3 is 15.5 Å². The van der Waals surface area contributed by atoms with Crippen molar-refractivity contribution in [3.05, 3.63) is 28.8 Å². The van der Waals surface area contributed by atoms with Gasteiger partial charge in [-0.3, -0.25) is 9.59 Å². The Bertz CT molecular complexity index is 864. The van der Waals surface area contributed by atoms with Crippen LogP contribution in [0.5, 0.6) is 0 Å². The summed E-state index contributed by atoms with van der Waals surface area (Å²) in [5.74, 6) is -2.86. The Hall–Kier alpha value is -1.64. The van der Waals surface area contributed by atoms with Crippen LogP contribution in [0.4, 0.5) is 13.2 Å². The van der Waals surface area contributed by atoms with E-state index in [1.165, 1.54) is 39.8 Å². The molecule has 0 atom stereocenters. The zero-order valence-electron chi connectivity index (χ0n) is 15.2. The summed E-state index contributed by atoms with van der Waals surface area (Å²) in [4.78, 5) is 31.1. The highest BCUT2D eigenvalue weighted by Gasteiger charge is 2.38. The molecule has 0 spiro atoms. The SMILES string of the molecule is CS(=O)(=O)c1cc(C(=O)NCCSSCCC(=O)O)ccc1Cl.O=C(O)C(F)(F)F. The number of hydrogen-bond donors (Lipinski definition) is 3. The van der Waals surface area contributed by atoms with Crippen molar-refractivity contribution in [2.24, 2.45) is 0 Å². The Morgan fingerprint density at radius 2 is 1.67 bits per heavy atom. The number of benzene rings is 1. The third-order valence-electron chi connectivity index (χ3n) is 2.79. The summed E-state index contributed by atoms with van der Waals surface area (Å²) < 4.78 is 54.9. The maximum absolute atomic E-state index is 12.0. The van der Waals surface area contributed by atoms with Gasteiger partial charge in [0, 0.05) is 29.9 Å². The summed E-state index contributed by atoms with van der Waals surface area (Å²) in [6, 6.07) is 4.09. The number of hydrogen-bond acceptors (Lipinski definition) is 7. The molecule has 0 fully saturated rings. The number of aliphatic carboxylic acids is 2. The average molecular weight is 512 g/mol. The summed E-state index contributed by atoms with van der Waals surface area (Å²) in [7, 11) is -0.611. The minimum Gasteiger partial charge on any atom is -0.481 e. The molecule has 0 heterocycles. The van der Waals surface area contributed by atoms with E-state index in [0.717, 1.165) is 6.26 Å². The lowest BCUT2D eigenvalue weighted by Gasteiger charge is -2.07. The van der Waals surface area contributed by atoms with Crippen LogP contribution >= 0.6 is 33.2 Å². The fourth-order valence-electron chi connectivity index (χ4n) is 1.48. The van der Waals surface area contributed by atoms with Crippen LogP contribution in [0.25, 0.3) is 0 Å². The lowest BCUT2D eigenvalue weighted by molar-refractivity contribution is -0.192. The molecular weight excluding hydrogens is 495 g/mol. The van der Waals surface area contributed by atoms with Gasteiger partial charge in [0.2, 0.25) is 0 Å². The van der Waals surface area contributed by atoms with Crippen molar-refractivity contribution in [3.63, 3.8) is 0 Å². The number of nitrogens with one attached hydrogen (secondary N) is 1. The van der Waals surface area contributed by atoms with Gasteiger partial charge in [0.05, 0.1) is 16.3 Å². The molecular formula is C15H17ClF3NO7S3. The highest BCUT2D eigenvalue weighted by molar-refractivity contribution is 8.76. The van der Waals surface area contributed by atoms with Crippen molar-refractivity contribution in [2.45, 2.75) is 17.5 Å². The summed E-state index contributed by atoms with van der Waals surface area (Å²) in [6.45, 7) is 0.389. The number of amides is 1. The van der Waals surface area contributed by atoms with Crippen LogP contribution in [0, 0.1) is 0 Å². The number of carbonyl (C=O) groups excluding carboxylic acids is 1. The first-order valence-corrected chi connectivity index (χ1v) is 12.5. The van der Waals surface area contributed by atoms with E-state index in [-0.39, 0.29) is 27.8 Å². The van der Waals surface area contributed by atoms with Crippen LogP contribution in [0.1, 0.15) is 16.8 Å². The van der Waals surface area contributed by atoms with Gasteiger partial charge in [-0.15, -0.1) is 0 Å². The Kier molecular flexibility index (Phi) is 12.2. The van der Waals surface area contributed by atoms with Gasteiger partial charge in [-0.25, -0.2) is 13.2 Å². The van der Waals surface area contributed by atoms with Crippen molar-refractivity contribution in [1.82, 2.24) is 5.32 Å². The fraction of sp³-hybridized carbons (Fsp3) is 0.400. The van der Waals surface area contributed by atoms with Crippen molar-refractivity contribution < 1.29 is 46.2 Å². The first-order valence-electron chi connectivity index (χ1n) is 7.70. The molecule has 1 rings (SSSR count). The lowest BCUT2D eigenvalue weighted by atomic mass is 10.2. The van der Waals surface area contributed by atoms with Crippen LogP contribution in [0.3, 0.4) is 0 Å². The number of sulfone groups is 1. The zero-order valence-corrected chi connectivity index (χ0v) is 18.4. The van der Waals surface area contributed by atoms with Gasteiger partial charge in [-0.2, -0.15) is 13.2 Å². The average Bonchev–Trinajstić information content (AvgIpc) is 2.59. The molecule has 15 heteroatoms. The van der Waals surface area contributed by atoms with E-state index in [2.05, 4.69) is 5.32 Å². The Morgan fingerprint density at radius 1 is 1.13 bits per heavy atom. The smallest absolute Gasteiger partial charge is 0.481 e. The first kappa shape index (κ1) is 28.4. The summed E-state index contributed by atoms with van der Waals surface area (Å²) in [5.41, 5.74) is 0.221. The molecule has 0 aliphatic rings. The van der Waals surface area contributed by atoms with Crippen molar-refractivity contribution in [2.75, 3.05) is 24.3 Å². The minimum absolute atomic E-state index is 0.0782. The highest BCUT2D eigenvalue weighted by Crippen LogP contribution is 2.23. The predicted octanol–water partition coefficient (Wildman–Crippen LogP) is 2.96. The van der Waals surface area contributed by atoms with Gasteiger partial charge in [-0.1, -0.05) is 33.2 Å². The van der Waals surface area contributed by atoms with E-state index in [0.29, 0.717) is 18.1 Å². The molecule has 1 aromatic carbocycles. The molecule has 0 radical (unpaired) electrons. The predicted molar refractivity (Wildman–Crippen MR) is 108 cm³/mol. The van der Waals surface area contributed by atoms with Crippen LogP contribution in [-0.2, 0) is 19.4 Å². The summed E-state index contributed by atoms with van der Waals surface area (Å²) >= 11 is 5.82. The maximum atomic E-state index is 12.0. The monoisotopic (exact) mass is 511 g/mol. The van der Waals surface area contributed by atoms with Gasteiger partial charge in [0.15, 0.2) is 9.84 Å². The van der Waals surface area contributed by atoms with Crippen LogP contribution in [0.2, 0.25) is 5.02 Å². The molecule has 0 unspecified atom stereocenters. The molecule has 0 bridgehead atoms. The molecule has 1 amide bonds. The number of alkyl halides is 3. The van der Waals surface area contributed by atoms with Crippen LogP contribution in [-0.4, -0.2) is 67.0 Å².